The number of rotatable bonds is 6. The standard InChI is InChI=1S/C16H26N4O/c1-2-3-9-18-16(21)19-14-7-11-20(12-8-14)13-15-6-4-5-10-17-15/h4-6,10,14H,2-3,7-9,11-13H2,1H3,(H2,18,19,21). The van der Waals surface area contributed by atoms with E-state index in [9.17, 15) is 4.79 Å². The summed E-state index contributed by atoms with van der Waals surface area (Å²) in [5.41, 5.74) is 1.11. The van der Waals surface area contributed by atoms with Gasteiger partial charge in [-0.2, -0.15) is 0 Å². The lowest BCUT2D eigenvalue weighted by atomic mass is 10.1. The number of aromatic nitrogens is 1. The van der Waals surface area contributed by atoms with Gasteiger partial charge in [-0.25, -0.2) is 4.79 Å². The van der Waals surface area contributed by atoms with Crippen LogP contribution in [0.1, 0.15) is 38.3 Å². The molecule has 0 spiro atoms. The Hall–Kier alpha value is -1.62. The second-order valence-electron chi connectivity index (χ2n) is 5.63. The highest BCUT2D eigenvalue weighted by Gasteiger charge is 2.20. The number of amides is 2. The minimum Gasteiger partial charge on any atom is -0.338 e. The Morgan fingerprint density at radius 2 is 2.19 bits per heavy atom. The van der Waals surface area contributed by atoms with E-state index in [1.54, 1.807) is 0 Å². The van der Waals surface area contributed by atoms with Gasteiger partial charge in [0.05, 0.1) is 5.69 Å². The number of unbranched alkanes of at least 4 members (excludes halogenated alkanes) is 1. The summed E-state index contributed by atoms with van der Waals surface area (Å²) in [6.07, 6.45) is 5.99. The predicted octanol–water partition coefficient (Wildman–Crippen LogP) is 2.15. The molecule has 2 heterocycles. The summed E-state index contributed by atoms with van der Waals surface area (Å²) in [5, 5.41) is 5.98. The van der Waals surface area contributed by atoms with Crippen molar-refractivity contribution in [2.45, 2.75) is 45.2 Å². The number of pyridine rings is 1. The average molecular weight is 290 g/mol. The van der Waals surface area contributed by atoms with E-state index in [0.29, 0.717) is 6.04 Å². The molecule has 1 aromatic rings. The van der Waals surface area contributed by atoms with Crippen molar-refractivity contribution in [2.24, 2.45) is 0 Å². The van der Waals surface area contributed by atoms with Crippen LogP contribution in [0.3, 0.4) is 0 Å². The quantitative estimate of drug-likeness (QED) is 0.789. The zero-order chi connectivity index (χ0) is 14.9. The number of carbonyl (C=O) groups is 1. The van der Waals surface area contributed by atoms with Gasteiger partial charge >= 0.3 is 6.03 Å². The second kappa shape index (κ2) is 8.62. The molecule has 1 aromatic heterocycles. The van der Waals surface area contributed by atoms with E-state index in [2.05, 4.69) is 33.5 Å². The van der Waals surface area contributed by atoms with E-state index in [1.165, 1.54) is 0 Å². The second-order valence-corrected chi connectivity index (χ2v) is 5.63. The molecule has 0 atom stereocenters. The van der Waals surface area contributed by atoms with Crippen LogP contribution in [0, 0.1) is 0 Å². The van der Waals surface area contributed by atoms with E-state index < -0.39 is 0 Å². The molecule has 1 aliphatic rings. The molecular weight excluding hydrogens is 264 g/mol. The maximum atomic E-state index is 11.7. The summed E-state index contributed by atoms with van der Waals surface area (Å²) >= 11 is 0. The maximum absolute atomic E-state index is 11.7. The first-order chi connectivity index (χ1) is 10.3. The van der Waals surface area contributed by atoms with E-state index >= 15 is 0 Å². The summed E-state index contributed by atoms with van der Waals surface area (Å²) in [4.78, 5) is 18.5. The highest BCUT2D eigenvalue weighted by atomic mass is 16.2. The Bertz CT molecular complexity index is 416. The normalized spacial score (nSPS) is 16.6. The molecule has 21 heavy (non-hydrogen) atoms. The summed E-state index contributed by atoms with van der Waals surface area (Å²) in [6, 6.07) is 6.30. The van der Waals surface area contributed by atoms with Crippen LogP contribution in [0.4, 0.5) is 4.79 Å². The number of urea groups is 1. The van der Waals surface area contributed by atoms with Crippen LogP contribution >= 0.6 is 0 Å². The first-order valence-corrected chi connectivity index (χ1v) is 7.94. The molecular formula is C16H26N4O. The number of carbonyl (C=O) groups excluding carboxylic acids is 1. The minimum atomic E-state index is -0.0216. The molecule has 2 N–H and O–H groups in total. The summed E-state index contributed by atoms with van der Waals surface area (Å²) in [7, 11) is 0. The predicted molar refractivity (Wildman–Crippen MR) is 84.0 cm³/mol. The van der Waals surface area contributed by atoms with Crippen LogP contribution in [0.5, 0.6) is 0 Å². The van der Waals surface area contributed by atoms with Gasteiger partial charge in [0, 0.05) is 38.4 Å². The third-order valence-electron chi connectivity index (χ3n) is 3.85. The van der Waals surface area contributed by atoms with Crippen LogP contribution in [0.15, 0.2) is 24.4 Å². The molecule has 0 radical (unpaired) electrons. The molecule has 0 saturated carbocycles. The van der Waals surface area contributed by atoms with E-state index in [-0.39, 0.29) is 6.03 Å². The topological polar surface area (TPSA) is 57.3 Å². The number of likely N-dealkylation sites (tertiary alicyclic amines) is 1. The Morgan fingerprint density at radius 1 is 1.38 bits per heavy atom. The fraction of sp³-hybridized carbons (Fsp3) is 0.625. The molecule has 0 bridgehead atoms. The van der Waals surface area contributed by atoms with Gasteiger partial charge in [-0.15, -0.1) is 0 Å². The van der Waals surface area contributed by atoms with Crippen molar-refractivity contribution < 1.29 is 4.79 Å². The van der Waals surface area contributed by atoms with Crippen molar-refractivity contribution in [2.75, 3.05) is 19.6 Å². The van der Waals surface area contributed by atoms with Crippen LogP contribution in [0.2, 0.25) is 0 Å². The Kier molecular flexibility index (Phi) is 6.47. The van der Waals surface area contributed by atoms with Gasteiger partial charge in [0.25, 0.3) is 0 Å². The molecule has 2 amide bonds. The van der Waals surface area contributed by atoms with Gasteiger partial charge in [0.15, 0.2) is 0 Å². The van der Waals surface area contributed by atoms with Crippen LogP contribution in [0.25, 0.3) is 0 Å². The van der Waals surface area contributed by atoms with Crippen molar-refractivity contribution >= 4 is 6.03 Å². The first-order valence-electron chi connectivity index (χ1n) is 7.94. The Morgan fingerprint density at radius 3 is 2.86 bits per heavy atom. The SMILES string of the molecule is CCCCNC(=O)NC1CCN(Cc2ccccn2)CC1. The summed E-state index contributed by atoms with van der Waals surface area (Å²) < 4.78 is 0. The lowest BCUT2D eigenvalue weighted by Gasteiger charge is -2.32. The molecule has 5 nitrogen and oxygen atoms in total. The molecule has 0 aromatic carbocycles. The zero-order valence-electron chi connectivity index (χ0n) is 12.8. The zero-order valence-corrected chi connectivity index (χ0v) is 12.8. The lowest BCUT2D eigenvalue weighted by Crippen LogP contribution is -2.47. The maximum Gasteiger partial charge on any atom is 0.315 e. The number of hydrogen-bond acceptors (Lipinski definition) is 3. The minimum absolute atomic E-state index is 0.0216. The van der Waals surface area contributed by atoms with Gasteiger partial charge in [-0.05, 0) is 31.4 Å². The molecule has 116 valence electrons. The van der Waals surface area contributed by atoms with Gasteiger partial charge in [0.1, 0.15) is 0 Å². The van der Waals surface area contributed by atoms with Gasteiger partial charge in [-0.3, -0.25) is 9.88 Å². The van der Waals surface area contributed by atoms with Crippen LogP contribution < -0.4 is 10.6 Å². The van der Waals surface area contributed by atoms with Crippen LogP contribution in [-0.2, 0) is 6.54 Å². The smallest absolute Gasteiger partial charge is 0.315 e. The number of piperidine rings is 1. The summed E-state index contributed by atoms with van der Waals surface area (Å²) in [5.74, 6) is 0. The third kappa shape index (κ3) is 5.71. The van der Waals surface area contributed by atoms with Gasteiger partial charge in [-0.1, -0.05) is 19.4 Å². The van der Waals surface area contributed by atoms with E-state index in [4.69, 9.17) is 0 Å². The summed E-state index contributed by atoms with van der Waals surface area (Å²) in [6.45, 7) is 5.81. The highest BCUT2D eigenvalue weighted by molar-refractivity contribution is 5.74. The van der Waals surface area contributed by atoms with Gasteiger partial charge in [0.2, 0.25) is 0 Å². The van der Waals surface area contributed by atoms with Crippen molar-refractivity contribution in [3.05, 3.63) is 30.1 Å². The van der Waals surface area contributed by atoms with Gasteiger partial charge < -0.3 is 10.6 Å². The Balaban J connectivity index is 1.65. The molecule has 1 saturated heterocycles. The number of nitrogens with one attached hydrogen (secondary N) is 2. The number of nitrogens with zero attached hydrogens (tertiary/aromatic N) is 2. The molecule has 1 aliphatic heterocycles. The third-order valence-corrected chi connectivity index (χ3v) is 3.85. The molecule has 0 unspecified atom stereocenters. The monoisotopic (exact) mass is 290 g/mol. The van der Waals surface area contributed by atoms with Crippen LogP contribution in [-0.4, -0.2) is 41.6 Å². The molecule has 0 aliphatic carbocycles. The largest absolute Gasteiger partial charge is 0.338 e. The van der Waals surface area contributed by atoms with Crippen molar-refractivity contribution in [3.8, 4) is 0 Å². The van der Waals surface area contributed by atoms with E-state index in [0.717, 1.165) is 57.6 Å². The molecule has 1 fully saturated rings. The van der Waals surface area contributed by atoms with Crippen molar-refractivity contribution in [1.29, 1.82) is 0 Å². The lowest BCUT2D eigenvalue weighted by molar-refractivity contribution is 0.185. The molecule has 5 heteroatoms. The first kappa shape index (κ1) is 15.8. The van der Waals surface area contributed by atoms with Crippen molar-refractivity contribution in [1.82, 2.24) is 20.5 Å². The highest BCUT2D eigenvalue weighted by Crippen LogP contribution is 2.12. The fourth-order valence-corrected chi connectivity index (χ4v) is 2.57. The fourth-order valence-electron chi connectivity index (χ4n) is 2.57. The van der Waals surface area contributed by atoms with E-state index in [1.807, 2.05) is 18.3 Å². The van der Waals surface area contributed by atoms with Crippen molar-refractivity contribution in [3.63, 3.8) is 0 Å². The number of hydrogen-bond donors (Lipinski definition) is 2. The molecule has 2 rings (SSSR count). The Labute approximate surface area is 127 Å². The average Bonchev–Trinajstić information content (AvgIpc) is 2.51.